The zero-order chi connectivity index (χ0) is 15.1. The summed E-state index contributed by atoms with van der Waals surface area (Å²) < 4.78 is 10.7. The van der Waals surface area contributed by atoms with E-state index >= 15 is 0 Å². The van der Waals surface area contributed by atoms with Crippen LogP contribution in [0, 0.1) is 0 Å². The Morgan fingerprint density at radius 1 is 1.43 bits per heavy atom. The third-order valence-electron chi connectivity index (χ3n) is 3.34. The third kappa shape index (κ3) is 4.59. The van der Waals surface area contributed by atoms with Gasteiger partial charge in [0.2, 0.25) is 0 Å². The van der Waals surface area contributed by atoms with E-state index < -0.39 is 5.60 Å². The Kier molecular flexibility index (Phi) is 5.38. The molecule has 1 aliphatic heterocycles. The first-order valence-electron chi connectivity index (χ1n) is 6.85. The number of nitrogens with zero attached hydrogens (tertiary/aromatic N) is 1. The fourth-order valence-electron chi connectivity index (χ4n) is 2.08. The largest absolute Gasteiger partial charge is 0.492 e. The van der Waals surface area contributed by atoms with E-state index in [0.717, 1.165) is 0 Å². The van der Waals surface area contributed by atoms with Crippen molar-refractivity contribution in [3.8, 4) is 5.75 Å². The van der Waals surface area contributed by atoms with E-state index in [9.17, 15) is 5.11 Å². The van der Waals surface area contributed by atoms with Crippen molar-refractivity contribution in [3.63, 3.8) is 0 Å². The van der Waals surface area contributed by atoms with E-state index in [-0.39, 0.29) is 5.84 Å². The van der Waals surface area contributed by atoms with E-state index in [4.69, 9.17) is 20.4 Å². The Bertz CT molecular complexity index is 470. The molecule has 0 radical (unpaired) electrons. The number of benzene rings is 1. The van der Waals surface area contributed by atoms with Crippen LogP contribution in [-0.2, 0) is 4.74 Å². The minimum Gasteiger partial charge on any atom is -0.492 e. The molecular formula is C14H21N3O4. The number of oxime groups is 1. The Hall–Kier alpha value is -1.83. The summed E-state index contributed by atoms with van der Waals surface area (Å²) in [6, 6.07) is 6.95. The highest BCUT2D eigenvalue weighted by atomic mass is 16.5. The molecule has 1 aromatic carbocycles. The number of ether oxygens (including phenoxy) is 2. The molecule has 1 atom stereocenters. The van der Waals surface area contributed by atoms with Crippen molar-refractivity contribution in [2.75, 3.05) is 32.9 Å². The molecule has 1 fully saturated rings. The normalized spacial score (nSPS) is 22.4. The van der Waals surface area contributed by atoms with Gasteiger partial charge < -0.3 is 30.8 Å². The molecule has 0 amide bonds. The monoisotopic (exact) mass is 295 g/mol. The maximum atomic E-state index is 10.0. The maximum Gasteiger partial charge on any atom is 0.170 e. The predicted octanol–water partition coefficient (Wildman–Crippen LogP) is -0.0991. The van der Waals surface area contributed by atoms with Crippen LogP contribution < -0.4 is 15.8 Å². The maximum absolute atomic E-state index is 10.0. The van der Waals surface area contributed by atoms with Crippen LogP contribution in [0.15, 0.2) is 29.4 Å². The van der Waals surface area contributed by atoms with Gasteiger partial charge in [-0.15, -0.1) is 0 Å². The first-order valence-corrected chi connectivity index (χ1v) is 6.85. The number of hydrogen-bond donors (Lipinski definition) is 4. The fourth-order valence-corrected chi connectivity index (χ4v) is 2.08. The predicted molar refractivity (Wildman–Crippen MR) is 77.7 cm³/mol. The lowest BCUT2D eigenvalue weighted by atomic mass is 10.0. The number of rotatable bonds is 7. The zero-order valence-corrected chi connectivity index (χ0v) is 11.8. The Balaban J connectivity index is 1.66. The first-order chi connectivity index (χ1) is 10.1. The zero-order valence-electron chi connectivity index (χ0n) is 11.8. The highest BCUT2D eigenvalue weighted by molar-refractivity contribution is 5.97. The molecule has 2 rings (SSSR count). The van der Waals surface area contributed by atoms with Crippen LogP contribution in [-0.4, -0.2) is 54.7 Å². The van der Waals surface area contributed by atoms with Crippen molar-refractivity contribution in [2.45, 2.75) is 12.0 Å². The molecule has 0 saturated carbocycles. The van der Waals surface area contributed by atoms with E-state index in [1.165, 1.54) is 0 Å². The van der Waals surface area contributed by atoms with Gasteiger partial charge in [-0.05, 0) is 24.3 Å². The Labute approximate surface area is 123 Å². The highest BCUT2D eigenvalue weighted by Crippen LogP contribution is 2.16. The third-order valence-corrected chi connectivity index (χ3v) is 3.34. The first kappa shape index (κ1) is 15.6. The van der Waals surface area contributed by atoms with Crippen LogP contribution in [0.5, 0.6) is 5.75 Å². The molecule has 1 unspecified atom stereocenters. The summed E-state index contributed by atoms with van der Waals surface area (Å²) in [6.07, 6.45) is 0.663. The summed E-state index contributed by atoms with van der Waals surface area (Å²) in [5, 5.41) is 24.7. The lowest BCUT2D eigenvalue weighted by Gasteiger charge is -2.20. The molecule has 5 N–H and O–H groups in total. The summed E-state index contributed by atoms with van der Waals surface area (Å²) in [5.74, 6) is 0.768. The summed E-state index contributed by atoms with van der Waals surface area (Å²) in [6.45, 7) is 2.61. The Morgan fingerprint density at radius 2 is 2.19 bits per heavy atom. The molecule has 21 heavy (non-hydrogen) atoms. The molecule has 0 aliphatic carbocycles. The van der Waals surface area contributed by atoms with E-state index in [1.807, 2.05) is 0 Å². The minimum absolute atomic E-state index is 0.0650. The van der Waals surface area contributed by atoms with Crippen LogP contribution in [0.2, 0.25) is 0 Å². The molecule has 7 nitrogen and oxygen atoms in total. The van der Waals surface area contributed by atoms with Gasteiger partial charge >= 0.3 is 0 Å². The van der Waals surface area contributed by atoms with Gasteiger partial charge in [0, 0.05) is 31.7 Å². The summed E-state index contributed by atoms with van der Waals surface area (Å²) >= 11 is 0. The van der Waals surface area contributed by atoms with Crippen molar-refractivity contribution >= 4 is 5.84 Å². The average Bonchev–Trinajstić information content (AvgIpc) is 2.94. The molecule has 1 saturated heterocycles. The molecule has 0 bridgehead atoms. The number of aliphatic hydroxyl groups is 1. The van der Waals surface area contributed by atoms with E-state index in [1.54, 1.807) is 24.3 Å². The van der Waals surface area contributed by atoms with Crippen LogP contribution >= 0.6 is 0 Å². The van der Waals surface area contributed by atoms with Gasteiger partial charge in [-0.2, -0.15) is 0 Å². The number of hydrogen-bond acceptors (Lipinski definition) is 6. The molecule has 1 aliphatic rings. The van der Waals surface area contributed by atoms with Crippen molar-refractivity contribution < 1.29 is 19.8 Å². The smallest absolute Gasteiger partial charge is 0.170 e. The average molecular weight is 295 g/mol. The second kappa shape index (κ2) is 7.26. The topological polar surface area (TPSA) is 109 Å². The summed E-state index contributed by atoms with van der Waals surface area (Å²) in [5.41, 5.74) is 5.36. The quantitative estimate of drug-likeness (QED) is 0.184. The fraction of sp³-hybridized carbons (Fsp3) is 0.500. The standard InChI is InChI=1S/C14H21N3O4/c15-13(17-19)11-1-3-12(4-2-11)21-8-6-16-9-14(18)5-7-20-10-14/h1-4,16,18-19H,5-10H2,(H2,15,17). The van der Waals surface area contributed by atoms with Gasteiger partial charge in [0.25, 0.3) is 0 Å². The lowest BCUT2D eigenvalue weighted by molar-refractivity contribution is 0.0266. The number of nitrogens with one attached hydrogen (secondary N) is 1. The van der Waals surface area contributed by atoms with Gasteiger partial charge in [-0.1, -0.05) is 5.16 Å². The SMILES string of the molecule is N/C(=N/O)c1ccc(OCCNCC2(O)CCOC2)cc1. The molecule has 0 aromatic heterocycles. The van der Waals surface area contributed by atoms with Crippen molar-refractivity contribution in [3.05, 3.63) is 29.8 Å². The number of amidine groups is 1. The van der Waals surface area contributed by atoms with Crippen molar-refractivity contribution in [1.82, 2.24) is 5.32 Å². The van der Waals surface area contributed by atoms with Crippen LogP contribution in [0.25, 0.3) is 0 Å². The van der Waals surface area contributed by atoms with Crippen LogP contribution in [0.3, 0.4) is 0 Å². The van der Waals surface area contributed by atoms with Gasteiger partial charge in [-0.3, -0.25) is 0 Å². The van der Waals surface area contributed by atoms with Crippen LogP contribution in [0.1, 0.15) is 12.0 Å². The molecule has 7 heteroatoms. The molecule has 0 spiro atoms. The lowest BCUT2D eigenvalue weighted by Crippen LogP contribution is -2.42. The van der Waals surface area contributed by atoms with Gasteiger partial charge in [0.15, 0.2) is 5.84 Å². The molecule has 116 valence electrons. The number of nitrogens with two attached hydrogens (primary N) is 1. The van der Waals surface area contributed by atoms with Crippen molar-refractivity contribution in [2.24, 2.45) is 10.9 Å². The minimum atomic E-state index is -0.747. The molecule has 1 heterocycles. The second-order valence-electron chi connectivity index (χ2n) is 5.06. The van der Waals surface area contributed by atoms with Crippen LogP contribution in [0.4, 0.5) is 0 Å². The van der Waals surface area contributed by atoms with Gasteiger partial charge in [0.1, 0.15) is 18.0 Å². The van der Waals surface area contributed by atoms with E-state index in [0.29, 0.717) is 50.6 Å². The van der Waals surface area contributed by atoms with E-state index in [2.05, 4.69) is 10.5 Å². The van der Waals surface area contributed by atoms with Gasteiger partial charge in [0.05, 0.1) is 6.61 Å². The molecular weight excluding hydrogens is 274 g/mol. The molecule has 1 aromatic rings. The Morgan fingerprint density at radius 3 is 2.81 bits per heavy atom. The summed E-state index contributed by atoms with van der Waals surface area (Å²) in [7, 11) is 0. The van der Waals surface area contributed by atoms with Crippen molar-refractivity contribution in [1.29, 1.82) is 0 Å². The summed E-state index contributed by atoms with van der Waals surface area (Å²) in [4.78, 5) is 0. The second-order valence-corrected chi connectivity index (χ2v) is 5.06. The van der Waals surface area contributed by atoms with Gasteiger partial charge in [-0.25, -0.2) is 0 Å². The highest BCUT2D eigenvalue weighted by Gasteiger charge is 2.31.